The zero-order valence-electron chi connectivity index (χ0n) is 8.61. The third-order valence-corrected chi connectivity index (χ3v) is 4.26. The molecule has 0 spiro atoms. The van der Waals surface area contributed by atoms with Crippen molar-refractivity contribution in [2.45, 2.75) is 18.4 Å². The van der Waals surface area contributed by atoms with Gasteiger partial charge in [0, 0.05) is 23.9 Å². The van der Waals surface area contributed by atoms with Crippen molar-refractivity contribution < 1.29 is 9.53 Å². The highest BCUT2D eigenvalue weighted by Gasteiger charge is 2.33. The molecule has 1 N–H and O–H groups in total. The number of hydrogen-bond acceptors (Lipinski definition) is 5. The van der Waals surface area contributed by atoms with Crippen LogP contribution in [0, 0.1) is 0 Å². The summed E-state index contributed by atoms with van der Waals surface area (Å²) < 4.78 is 8.98. The summed E-state index contributed by atoms with van der Waals surface area (Å²) in [6, 6.07) is 0. The van der Waals surface area contributed by atoms with Gasteiger partial charge < -0.3 is 10.1 Å². The van der Waals surface area contributed by atoms with Gasteiger partial charge in [-0.3, -0.25) is 4.79 Å². The van der Waals surface area contributed by atoms with Crippen LogP contribution in [-0.4, -0.2) is 39.6 Å². The van der Waals surface area contributed by atoms with Crippen LogP contribution in [0.2, 0.25) is 0 Å². The summed E-state index contributed by atoms with van der Waals surface area (Å²) in [5, 5.41) is 9.16. The molecular weight excluding hydrogens is 294 g/mol. The second kappa shape index (κ2) is 5.20. The number of aromatic nitrogens is 2. The third-order valence-electron chi connectivity index (χ3n) is 2.68. The first-order valence-corrected chi connectivity index (χ1v) is 6.95. The molecule has 1 saturated heterocycles. The highest BCUT2D eigenvalue weighted by Crippen LogP contribution is 2.23. The van der Waals surface area contributed by atoms with Gasteiger partial charge in [0.05, 0.1) is 5.54 Å². The van der Waals surface area contributed by atoms with E-state index in [0.717, 1.165) is 18.2 Å². The number of ether oxygens (including phenoxy) is 1. The Bertz CT molecular complexity index is 352. The lowest BCUT2D eigenvalue weighted by molar-refractivity contribution is 0.0440. The first kappa shape index (κ1) is 11.9. The fourth-order valence-corrected chi connectivity index (χ4v) is 2.76. The van der Waals surface area contributed by atoms with Crippen LogP contribution in [0.3, 0.4) is 0 Å². The van der Waals surface area contributed by atoms with Crippen molar-refractivity contribution in [3.8, 4) is 0 Å². The molecule has 1 aliphatic rings. The minimum Gasteiger partial charge on any atom is -0.381 e. The lowest BCUT2D eigenvalue weighted by Gasteiger charge is -2.36. The van der Waals surface area contributed by atoms with E-state index in [-0.39, 0.29) is 11.4 Å². The number of amides is 1. The Labute approximate surface area is 106 Å². The second-order valence-corrected chi connectivity index (χ2v) is 4.94. The number of carbonyl (C=O) groups excluding carboxylic acids is 1. The maximum Gasteiger partial charge on any atom is 0.273 e. The van der Waals surface area contributed by atoms with Crippen LogP contribution < -0.4 is 5.32 Å². The second-order valence-electron chi connectivity index (χ2n) is 3.77. The number of carbonyl (C=O) groups is 1. The Balaban J connectivity index is 2.03. The zero-order valence-corrected chi connectivity index (χ0v) is 11.0. The molecule has 5 nitrogen and oxygen atoms in total. The largest absolute Gasteiger partial charge is 0.381 e. The smallest absolute Gasteiger partial charge is 0.273 e. The molecule has 1 fully saturated rings. The van der Waals surface area contributed by atoms with E-state index in [2.05, 4.69) is 30.8 Å². The van der Waals surface area contributed by atoms with Gasteiger partial charge in [0.25, 0.3) is 5.91 Å². The van der Waals surface area contributed by atoms with Gasteiger partial charge in [0.2, 0.25) is 0 Å². The molecule has 1 aromatic rings. The zero-order chi connectivity index (χ0) is 11.4. The highest BCUT2D eigenvalue weighted by molar-refractivity contribution is 9.09. The Morgan fingerprint density at radius 2 is 2.38 bits per heavy atom. The Morgan fingerprint density at radius 1 is 1.62 bits per heavy atom. The molecule has 0 aromatic carbocycles. The minimum absolute atomic E-state index is 0.157. The number of nitrogens with zero attached hydrogens (tertiary/aromatic N) is 2. The van der Waals surface area contributed by atoms with Crippen molar-refractivity contribution in [1.29, 1.82) is 0 Å². The SMILES string of the molecule is O=C(NC1(CBr)CCOCC1)c1csnn1. The van der Waals surface area contributed by atoms with Crippen LogP contribution in [0.1, 0.15) is 23.3 Å². The van der Waals surface area contributed by atoms with Crippen molar-refractivity contribution in [3.05, 3.63) is 11.1 Å². The number of alkyl halides is 1. The van der Waals surface area contributed by atoms with Crippen LogP contribution in [-0.2, 0) is 4.74 Å². The van der Waals surface area contributed by atoms with Crippen LogP contribution in [0.25, 0.3) is 0 Å². The van der Waals surface area contributed by atoms with Crippen molar-refractivity contribution >= 4 is 33.4 Å². The molecule has 0 bridgehead atoms. The lowest BCUT2D eigenvalue weighted by atomic mass is 9.92. The summed E-state index contributed by atoms with van der Waals surface area (Å²) in [5.74, 6) is -0.157. The summed E-state index contributed by atoms with van der Waals surface area (Å²) >= 11 is 4.63. The quantitative estimate of drug-likeness (QED) is 0.853. The summed E-state index contributed by atoms with van der Waals surface area (Å²) in [6.45, 7) is 1.36. The first-order chi connectivity index (χ1) is 7.76. The van der Waals surface area contributed by atoms with Gasteiger partial charge in [-0.1, -0.05) is 20.4 Å². The molecular formula is C9H12BrN3O2S. The van der Waals surface area contributed by atoms with E-state index >= 15 is 0 Å². The maximum atomic E-state index is 11.9. The van der Waals surface area contributed by atoms with Crippen LogP contribution in [0.4, 0.5) is 0 Å². The van der Waals surface area contributed by atoms with E-state index in [9.17, 15) is 4.79 Å². The Kier molecular flexibility index (Phi) is 3.88. The van der Waals surface area contributed by atoms with E-state index in [1.807, 2.05) is 0 Å². The number of halogens is 1. The predicted molar refractivity (Wildman–Crippen MR) is 64.0 cm³/mol. The fourth-order valence-electron chi connectivity index (χ4n) is 1.62. The summed E-state index contributed by atoms with van der Waals surface area (Å²) in [4.78, 5) is 11.9. The topological polar surface area (TPSA) is 64.1 Å². The van der Waals surface area contributed by atoms with Crippen molar-refractivity contribution in [2.24, 2.45) is 0 Å². The fraction of sp³-hybridized carbons (Fsp3) is 0.667. The molecule has 0 radical (unpaired) electrons. The average Bonchev–Trinajstić information content (AvgIpc) is 2.84. The summed E-state index contributed by atoms with van der Waals surface area (Å²) in [5.41, 5.74) is 0.177. The molecule has 1 aromatic heterocycles. The van der Waals surface area contributed by atoms with E-state index in [1.165, 1.54) is 11.5 Å². The molecule has 0 atom stereocenters. The summed E-state index contributed by atoms with van der Waals surface area (Å²) in [6.07, 6.45) is 1.64. The highest BCUT2D eigenvalue weighted by atomic mass is 79.9. The first-order valence-electron chi connectivity index (χ1n) is 4.99. The molecule has 16 heavy (non-hydrogen) atoms. The Hall–Kier alpha value is -0.530. The van der Waals surface area contributed by atoms with Gasteiger partial charge in [-0.25, -0.2) is 0 Å². The van der Waals surface area contributed by atoms with E-state index in [4.69, 9.17) is 4.74 Å². The van der Waals surface area contributed by atoms with Crippen molar-refractivity contribution in [1.82, 2.24) is 14.9 Å². The van der Waals surface area contributed by atoms with Gasteiger partial charge in [-0.15, -0.1) is 5.10 Å². The lowest BCUT2D eigenvalue weighted by Crippen LogP contribution is -2.53. The number of hydrogen-bond donors (Lipinski definition) is 1. The van der Waals surface area contributed by atoms with Crippen molar-refractivity contribution in [2.75, 3.05) is 18.5 Å². The van der Waals surface area contributed by atoms with Crippen LogP contribution >= 0.6 is 27.5 Å². The normalized spacial score (nSPS) is 19.3. The average molecular weight is 306 g/mol. The van der Waals surface area contributed by atoms with Crippen LogP contribution in [0.5, 0.6) is 0 Å². The minimum atomic E-state index is -0.209. The van der Waals surface area contributed by atoms with Gasteiger partial charge in [0.15, 0.2) is 5.69 Å². The van der Waals surface area contributed by atoms with Gasteiger partial charge in [-0.2, -0.15) is 0 Å². The molecule has 7 heteroatoms. The molecule has 0 aliphatic carbocycles. The van der Waals surface area contributed by atoms with Crippen molar-refractivity contribution in [3.63, 3.8) is 0 Å². The van der Waals surface area contributed by atoms with Gasteiger partial charge in [-0.05, 0) is 24.4 Å². The maximum absolute atomic E-state index is 11.9. The molecule has 2 heterocycles. The third kappa shape index (κ3) is 2.58. The molecule has 1 aliphatic heterocycles. The van der Waals surface area contributed by atoms with E-state index in [0.29, 0.717) is 18.9 Å². The number of nitrogens with one attached hydrogen (secondary N) is 1. The molecule has 0 saturated carbocycles. The Morgan fingerprint density at radius 3 is 2.94 bits per heavy atom. The van der Waals surface area contributed by atoms with E-state index in [1.54, 1.807) is 5.38 Å². The number of rotatable bonds is 3. The summed E-state index contributed by atoms with van der Waals surface area (Å²) in [7, 11) is 0. The van der Waals surface area contributed by atoms with Gasteiger partial charge >= 0.3 is 0 Å². The molecule has 88 valence electrons. The molecule has 1 amide bonds. The standard InChI is InChI=1S/C9H12BrN3O2S/c10-6-9(1-3-15-4-2-9)11-8(14)7-5-16-13-12-7/h5H,1-4,6H2,(H,11,14). The molecule has 0 unspecified atom stereocenters. The van der Waals surface area contributed by atoms with Gasteiger partial charge in [0.1, 0.15) is 0 Å². The molecule has 2 rings (SSSR count). The monoisotopic (exact) mass is 305 g/mol. The van der Waals surface area contributed by atoms with E-state index < -0.39 is 0 Å². The van der Waals surface area contributed by atoms with Crippen LogP contribution in [0.15, 0.2) is 5.38 Å². The predicted octanol–water partition coefficient (Wildman–Crippen LogP) is 1.21.